The molecule has 0 saturated heterocycles. The second kappa shape index (κ2) is 8.45. The molecule has 1 aliphatic heterocycles. The maximum Gasteiger partial charge on any atom is 0.258 e. The molecule has 0 unspecified atom stereocenters. The molecule has 1 heterocycles. The van der Waals surface area contributed by atoms with E-state index >= 15 is 0 Å². The molecule has 1 N–H and O–H groups in total. The van der Waals surface area contributed by atoms with Crippen LogP contribution in [-0.4, -0.2) is 26.9 Å². The Morgan fingerprint density at radius 2 is 1.89 bits per heavy atom. The van der Waals surface area contributed by atoms with E-state index in [1.165, 1.54) is 0 Å². The Morgan fingerprint density at radius 3 is 2.57 bits per heavy atom. The van der Waals surface area contributed by atoms with Gasteiger partial charge in [-0.05, 0) is 69.0 Å². The predicted molar refractivity (Wildman–Crippen MR) is 112 cm³/mol. The Bertz CT molecular complexity index is 952. The number of hydrogen-bond donors (Lipinski definition) is 1. The zero-order valence-electron chi connectivity index (χ0n) is 16.7. The normalized spacial score (nSPS) is 15.2. The molecule has 28 heavy (non-hydrogen) atoms. The third-order valence-corrected chi connectivity index (χ3v) is 6.69. The molecule has 1 aliphatic rings. The molecule has 0 bridgehead atoms. The van der Waals surface area contributed by atoms with E-state index in [0.29, 0.717) is 12.1 Å². The molecule has 150 valence electrons. The number of rotatable bonds is 6. The number of benzene rings is 2. The monoisotopic (exact) mass is 400 g/mol. The Balaban J connectivity index is 1.87. The summed E-state index contributed by atoms with van der Waals surface area (Å²) in [5, 5.41) is 0. The van der Waals surface area contributed by atoms with Gasteiger partial charge in [0.05, 0.1) is 4.90 Å². The molecule has 0 radical (unpaired) electrons. The number of amides is 1. The SMILES string of the molecule is CCC[C@@H](C)NS(=O)(=O)c1ccc2c(c1)CCCN2C(=O)c1ccc(C)cc1. The lowest BCUT2D eigenvalue weighted by atomic mass is 10.0. The molecule has 0 fully saturated rings. The summed E-state index contributed by atoms with van der Waals surface area (Å²) >= 11 is 0. The van der Waals surface area contributed by atoms with Crippen molar-refractivity contribution in [2.24, 2.45) is 0 Å². The van der Waals surface area contributed by atoms with Crippen molar-refractivity contribution >= 4 is 21.6 Å². The van der Waals surface area contributed by atoms with Crippen LogP contribution >= 0.6 is 0 Å². The van der Waals surface area contributed by atoms with Crippen molar-refractivity contribution in [3.8, 4) is 0 Å². The highest BCUT2D eigenvalue weighted by molar-refractivity contribution is 7.89. The van der Waals surface area contributed by atoms with Crippen molar-refractivity contribution in [1.82, 2.24) is 4.72 Å². The number of fused-ring (bicyclic) bond motifs is 1. The molecule has 5 nitrogen and oxygen atoms in total. The molecular weight excluding hydrogens is 372 g/mol. The third kappa shape index (κ3) is 4.45. The fourth-order valence-electron chi connectivity index (χ4n) is 3.63. The summed E-state index contributed by atoms with van der Waals surface area (Å²) in [5.41, 5.74) is 3.45. The molecule has 2 aromatic rings. The van der Waals surface area contributed by atoms with E-state index in [0.717, 1.165) is 42.5 Å². The van der Waals surface area contributed by atoms with Gasteiger partial charge in [-0.3, -0.25) is 4.79 Å². The molecule has 1 atom stereocenters. The van der Waals surface area contributed by atoms with Crippen molar-refractivity contribution in [1.29, 1.82) is 0 Å². The van der Waals surface area contributed by atoms with Crippen molar-refractivity contribution in [2.45, 2.75) is 57.4 Å². The summed E-state index contributed by atoms with van der Waals surface area (Å²) in [7, 11) is -3.56. The number of nitrogens with one attached hydrogen (secondary N) is 1. The summed E-state index contributed by atoms with van der Waals surface area (Å²) in [6, 6.07) is 12.5. The van der Waals surface area contributed by atoms with E-state index in [9.17, 15) is 13.2 Å². The minimum absolute atomic E-state index is 0.0498. The van der Waals surface area contributed by atoms with E-state index in [2.05, 4.69) is 4.72 Å². The lowest BCUT2D eigenvalue weighted by molar-refractivity contribution is 0.0985. The van der Waals surface area contributed by atoms with Gasteiger partial charge in [0, 0.05) is 23.8 Å². The second-order valence-corrected chi connectivity index (χ2v) is 9.24. The van der Waals surface area contributed by atoms with E-state index in [1.54, 1.807) is 23.1 Å². The summed E-state index contributed by atoms with van der Waals surface area (Å²) in [5.74, 6) is -0.0498. The van der Waals surface area contributed by atoms with Crippen molar-refractivity contribution in [3.05, 3.63) is 59.2 Å². The smallest absolute Gasteiger partial charge is 0.258 e. The number of sulfonamides is 1. The van der Waals surface area contributed by atoms with Crippen LogP contribution in [0.15, 0.2) is 47.4 Å². The summed E-state index contributed by atoms with van der Waals surface area (Å²) in [6.45, 7) is 6.53. The highest BCUT2D eigenvalue weighted by Crippen LogP contribution is 2.30. The van der Waals surface area contributed by atoms with Crippen LogP contribution in [0.25, 0.3) is 0 Å². The van der Waals surface area contributed by atoms with Gasteiger partial charge < -0.3 is 4.90 Å². The van der Waals surface area contributed by atoms with E-state index < -0.39 is 10.0 Å². The minimum Gasteiger partial charge on any atom is -0.308 e. The Hall–Kier alpha value is -2.18. The van der Waals surface area contributed by atoms with Crippen LogP contribution in [0, 0.1) is 6.92 Å². The van der Waals surface area contributed by atoms with Gasteiger partial charge in [-0.15, -0.1) is 0 Å². The van der Waals surface area contributed by atoms with Gasteiger partial charge in [0.15, 0.2) is 0 Å². The Morgan fingerprint density at radius 1 is 1.18 bits per heavy atom. The second-order valence-electron chi connectivity index (χ2n) is 7.53. The van der Waals surface area contributed by atoms with Crippen LogP contribution in [0.5, 0.6) is 0 Å². The van der Waals surface area contributed by atoms with E-state index in [4.69, 9.17) is 0 Å². The van der Waals surface area contributed by atoms with Crippen LogP contribution in [0.2, 0.25) is 0 Å². The number of aryl methyl sites for hydroxylation is 2. The number of anilines is 1. The number of hydrogen-bond acceptors (Lipinski definition) is 3. The van der Waals surface area contributed by atoms with Crippen molar-refractivity contribution in [3.63, 3.8) is 0 Å². The maximum absolute atomic E-state index is 13.0. The van der Waals surface area contributed by atoms with Gasteiger partial charge in [0.1, 0.15) is 0 Å². The van der Waals surface area contributed by atoms with E-state index in [-0.39, 0.29) is 16.8 Å². The first-order valence-corrected chi connectivity index (χ1v) is 11.3. The first-order chi connectivity index (χ1) is 13.3. The van der Waals surface area contributed by atoms with Crippen LogP contribution < -0.4 is 9.62 Å². The molecule has 1 amide bonds. The van der Waals surface area contributed by atoms with Gasteiger partial charge in [-0.2, -0.15) is 0 Å². The fraction of sp³-hybridized carbons (Fsp3) is 0.409. The first kappa shape index (κ1) is 20.6. The van der Waals surface area contributed by atoms with Crippen LogP contribution in [0.4, 0.5) is 5.69 Å². The molecule has 2 aromatic carbocycles. The largest absolute Gasteiger partial charge is 0.308 e. The molecule has 6 heteroatoms. The van der Waals surface area contributed by atoms with Crippen LogP contribution in [0.1, 0.15) is 54.6 Å². The molecule has 3 rings (SSSR count). The Kier molecular flexibility index (Phi) is 6.20. The quantitative estimate of drug-likeness (QED) is 0.795. The van der Waals surface area contributed by atoms with Crippen molar-refractivity contribution in [2.75, 3.05) is 11.4 Å². The van der Waals surface area contributed by atoms with Gasteiger partial charge in [0.2, 0.25) is 10.0 Å². The lowest BCUT2D eigenvalue weighted by Gasteiger charge is -2.30. The fourth-order valence-corrected chi connectivity index (χ4v) is 4.96. The highest BCUT2D eigenvalue weighted by atomic mass is 32.2. The number of carbonyl (C=O) groups excluding carboxylic acids is 1. The van der Waals surface area contributed by atoms with Gasteiger partial charge in [-0.1, -0.05) is 31.0 Å². The average Bonchev–Trinajstić information content (AvgIpc) is 2.67. The van der Waals surface area contributed by atoms with Crippen LogP contribution in [-0.2, 0) is 16.4 Å². The molecule has 0 spiro atoms. The maximum atomic E-state index is 13.0. The Labute approximate surface area is 167 Å². The minimum atomic E-state index is -3.56. The van der Waals surface area contributed by atoms with Gasteiger partial charge in [0.25, 0.3) is 5.91 Å². The first-order valence-electron chi connectivity index (χ1n) is 9.85. The van der Waals surface area contributed by atoms with Gasteiger partial charge in [-0.25, -0.2) is 13.1 Å². The zero-order chi connectivity index (χ0) is 20.3. The topological polar surface area (TPSA) is 66.5 Å². The van der Waals surface area contributed by atoms with Gasteiger partial charge >= 0.3 is 0 Å². The van der Waals surface area contributed by atoms with E-state index in [1.807, 2.05) is 45.0 Å². The molecule has 0 aliphatic carbocycles. The summed E-state index contributed by atoms with van der Waals surface area (Å²) in [4.78, 5) is 15.0. The molecule has 0 aromatic heterocycles. The zero-order valence-corrected chi connectivity index (χ0v) is 17.6. The third-order valence-electron chi connectivity index (χ3n) is 5.10. The molecular formula is C22H28N2O3S. The summed E-state index contributed by atoms with van der Waals surface area (Å²) < 4.78 is 28.1. The summed E-state index contributed by atoms with van der Waals surface area (Å²) in [6.07, 6.45) is 3.29. The molecule has 0 saturated carbocycles. The van der Waals surface area contributed by atoms with Crippen molar-refractivity contribution < 1.29 is 13.2 Å². The number of carbonyl (C=O) groups is 1. The van der Waals surface area contributed by atoms with Crippen LogP contribution in [0.3, 0.4) is 0 Å². The highest BCUT2D eigenvalue weighted by Gasteiger charge is 2.26. The number of nitrogens with zero attached hydrogens (tertiary/aromatic N) is 1. The lowest BCUT2D eigenvalue weighted by Crippen LogP contribution is -2.36. The predicted octanol–water partition coefficient (Wildman–Crippen LogP) is 4.05. The average molecular weight is 401 g/mol. The standard InChI is InChI=1S/C22H28N2O3S/c1-4-6-17(3)23-28(26,27)20-12-13-21-19(15-20)7-5-14-24(21)22(25)18-10-8-16(2)9-11-18/h8-13,15,17,23H,4-7,14H2,1-3H3/t17-/m1/s1.